The number of amides is 1. The van der Waals surface area contributed by atoms with Crippen LogP contribution in [0.1, 0.15) is 26.7 Å². The molecule has 1 aliphatic heterocycles. The average molecular weight is 281 g/mol. The zero-order valence-corrected chi connectivity index (χ0v) is 11.5. The fourth-order valence-corrected chi connectivity index (χ4v) is 2.21. The molecule has 1 amide bonds. The van der Waals surface area contributed by atoms with Crippen molar-refractivity contribution in [1.29, 1.82) is 0 Å². The minimum atomic E-state index is -4.36. The van der Waals surface area contributed by atoms with Gasteiger partial charge in [0.2, 0.25) is 5.91 Å². The first-order valence-corrected chi connectivity index (χ1v) is 6.50. The molecule has 7 heteroatoms. The van der Waals surface area contributed by atoms with E-state index in [1.54, 1.807) is 6.92 Å². The second-order valence-electron chi connectivity index (χ2n) is 5.27. The Labute approximate surface area is 111 Å². The average Bonchev–Trinajstić information content (AvgIpc) is 2.29. The first-order valence-electron chi connectivity index (χ1n) is 6.50. The highest BCUT2D eigenvalue weighted by Gasteiger charge is 2.30. The molecule has 1 heterocycles. The number of alkyl halides is 3. The van der Waals surface area contributed by atoms with Crippen molar-refractivity contribution in [3.05, 3.63) is 0 Å². The van der Waals surface area contributed by atoms with E-state index in [0.29, 0.717) is 6.04 Å². The van der Waals surface area contributed by atoms with Crippen molar-refractivity contribution in [3.63, 3.8) is 0 Å². The molecular formula is C12H22F3N3O. The minimum absolute atomic E-state index is 0.179. The fraction of sp³-hybridized carbons (Fsp3) is 0.917. The van der Waals surface area contributed by atoms with Gasteiger partial charge >= 0.3 is 6.18 Å². The van der Waals surface area contributed by atoms with E-state index >= 15 is 0 Å². The molecule has 3 unspecified atom stereocenters. The van der Waals surface area contributed by atoms with Crippen LogP contribution in [0.15, 0.2) is 0 Å². The molecule has 2 N–H and O–H groups in total. The lowest BCUT2D eigenvalue weighted by molar-refractivity contribution is -0.139. The van der Waals surface area contributed by atoms with Crippen molar-refractivity contribution in [1.82, 2.24) is 15.5 Å². The molecule has 0 bridgehead atoms. The van der Waals surface area contributed by atoms with E-state index in [1.165, 1.54) is 0 Å². The standard InChI is InChI=1S/C12H22F3N3O/c1-8-6-10(4-5-18(8)3)17-9(2)11(19)16-7-12(13,14)15/h8-10,17H,4-7H2,1-3H3,(H,16,19). The van der Waals surface area contributed by atoms with Crippen molar-refractivity contribution in [3.8, 4) is 0 Å². The summed E-state index contributed by atoms with van der Waals surface area (Å²) in [6.45, 7) is 3.34. The maximum atomic E-state index is 12.0. The third-order valence-electron chi connectivity index (χ3n) is 3.55. The highest BCUT2D eigenvalue weighted by atomic mass is 19.4. The third-order valence-corrected chi connectivity index (χ3v) is 3.55. The summed E-state index contributed by atoms with van der Waals surface area (Å²) < 4.78 is 36.0. The van der Waals surface area contributed by atoms with Gasteiger partial charge in [-0.2, -0.15) is 13.2 Å². The lowest BCUT2D eigenvalue weighted by Gasteiger charge is -2.36. The predicted molar refractivity (Wildman–Crippen MR) is 66.8 cm³/mol. The summed E-state index contributed by atoms with van der Waals surface area (Å²) in [6.07, 6.45) is -2.57. The molecular weight excluding hydrogens is 259 g/mol. The number of nitrogens with zero attached hydrogens (tertiary/aromatic N) is 1. The van der Waals surface area contributed by atoms with Gasteiger partial charge in [-0.15, -0.1) is 0 Å². The zero-order valence-electron chi connectivity index (χ0n) is 11.5. The van der Waals surface area contributed by atoms with E-state index in [1.807, 2.05) is 12.4 Å². The Morgan fingerprint density at radius 2 is 2.11 bits per heavy atom. The van der Waals surface area contributed by atoms with Gasteiger partial charge < -0.3 is 15.5 Å². The summed E-state index contributed by atoms with van der Waals surface area (Å²) in [5.41, 5.74) is 0. The molecule has 0 aromatic carbocycles. The van der Waals surface area contributed by atoms with Gasteiger partial charge in [0.25, 0.3) is 0 Å². The number of hydrogen-bond acceptors (Lipinski definition) is 3. The van der Waals surface area contributed by atoms with Gasteiger partial charge in [-0.25, -0.2) is 0 Å². The predicted octanol–water partition coefficient (Wildman–Crippen LogP) is 1.13. The van der Waals surface area contributed by atoms with Crippen LogP contribution in [0.4, 0.5) is 13.2 Å². The Hall–Kier alpha value is -0.820. The summed E-state index contributed by atoms with van der Waals surface area (Å²) in [6, 6.07) is -0.0162. The SMILES string of the molecule is CC(NC1CCN(C)C(C)C1)C(=O)NCC(F)(F)F. The molecule has 3 atom stereocenters. The molecule has 1 fully saturated rings. The van der Waals surface area contributed by atoms with Crippen LogP contribution in [0.5, 0.6) is 0 Å². The number of halogens is 3. The number of carbonyl (C=O) groups excluding carboxylic acids is 1. The van der Waals surface area contributed by atoms with Gasteiger partial charge in [-0.1, -0.05) is 0 Å². The van der Waals surface area contributed by atoms with Crippen LogP contribution < -0.4 is 10.6 Å². The molecule has 0 spiro atoms. The van der Waals surface area contributed by atoms with Crippen LogP contribution in [0, 0.1) is 0 Å². The normalized spacial score (nSPS) is 27.1. The summed E-state index contributed by atoms with van der Waals surface area (Å²) in [7, 11) is 2.04. The molecule has 1 rings (SSSR count). The molecule has 1 saturated heterocycles. The molecule has 1 aliphatic rings. The molecule has 0 radical (unpaired) electrons. The molecule has 4 nitrogen and oxygen atoms in total. The van der Waals surface area contributed by atoms with Gasteiger partial charge in [0.05, 0.1) is 6.04 Å². The van der Waals surface area contributed by atoms with Crippen molar-refractivity contribution in [2.75, 3.05) is 20.1 Å². The Morgan fingerprint density at radius 3 is 2.63 bits per heavy atom. The van der Waals surface area contributed by atoms with Crippen molar-refractivity contribution < 1.29 is 18.0 Å². The molecule has 19 heavy (non-hydrogen) atoms. The second kappa shape index (κ2) is 6.56. The zero-order chi connectivity index (χ0) is 14.6. The van der Waals surface area contributed by atoms with E-state index in [9.17, 15) is 18.0 Å². The second-order valence-corrected chi connectivity index (χ2v) is 5.27. The quantitative estimate of drug-likeness (QED) is 0.812. The summed E-state index contributed by atoms with van der Waals surface area (Å²) in [5, 5.41) is 4.99. The minimum Gasteiger partial charge on any atom is -0.346 e. The van der Waals surface area contributed by atoms with E-state index < -0.39 is 24.7 Å². The lowest BCUT2D eigenvalue weighted by Crippen LogP contribution is -2.52. The topological polar surface area (TPSA) is 44.4 Å². The van der Waals surface area contributed by atoms with Gasteiger partial charge in [-0.05, 0) is 40.3 Å². The Balaban J connectivity index is 2.34. The maximum absolute atomic E-state index is 12.0. The Morgan fingerprint density at radius 1 is 1.47 bits per heavy atom. The molecule has 0 aromatic heterocycles. The summed E-state index contributed by atoms with van der Waals surface area (Å²) in [5.74, 6) is -0.607. The lowest BCUT2D eigenvalue weighted by atomic mass is 9.98. The first-order chi connectivity index (χ1) is 8.69. The Kier molecular flexibility index (Phi) is 5.61. The number of nitrogens with one attached hydrogen (secondary N) is 2. The number of piperidine rings is 1. The maximum Gasteiger partial charge on any atom is 0.405 e. The van der Waals surface area contributed by atoms with Crippen LogP contribution in [-0.2, 0) is 4.79 Å². The molecule has 0 aliphatic carbocycles. The van der Waals surface area contributed by atoms with Crippen LogP contribution in [0.25, 0.3) is 0 Å². The highest BCUT2D eigenvalue weighted by Crippen LogP contribution is 2.16. The van der Waals surface area contributed by atoms with Crippen LogP contribution in [0.3, 0.4) is 0 Å². The largest absolute Gasteiger partial charge is 0.405 e. The number of hydrogen-bond donors (Lipinski definition) is 2. The van der Waals surface area contributed by atoms with E-state index in [2.05, 4.69) is 17.1 Å². The highest BCUT2D eigenvalue weighted by molar-refractivity contribution is 5.81. The van der Waals surface area contributed by atoms with Crippen molar-refractivity contribution in [2.24, 2.45) is 0 Å². The smallest absolute Gasteiger partial charge is 0.346 e. The fourth-order valence-electron chi connectivity index (χ4n) is 2.21. The van der Waals surface area contributed by atoms with Gasteiger partial charge in [0.1, 0.15) is 6.54 Å². The van der Waals surface area contributed by atoms with E-state index in [0.717, 1.165) is 19.4 Å². The monoisotopic (exact) mass is 281 g/mol. The van der Waals surface area contributed by atoms with Crippen molar-refractivity contribution >= 4 is 5.91 Å². The number of carbonyl (C=O) groups is 1. The summed E-state index contributed by atoms with van der Waals surface area (Å²) in [4.78, 5) is 13.8. The number of likely N-dealkylation sites (tertiary alicyclic amines) is 1. The van der Waals surface area contributed by atoms with Gasteiger partial charge in [0, 0.05) is 12.1 Å². The van der Waals surface area contributed by atoms with E-state index in [4.69, 9.17) is 0 Å². The van der Waals surface area contributed by atoms with Crippen LogP contribution in [-0.4, -0.2) is 55.2 Å². The Bertz CT molecular complexity index is 309. The van der Waals surface area contributed by atoms with E-state index in [-0.39, 0.29) is 6.04 Å². The van der Waals surface area contributed by atoms with Crippen LogP contribution >= 0.6 is 0 Å². The van der Waals surface area contributed by atoms with Gasteiger partial charge in [0.15, 0.2) is 0 Å². The first kappa shape index (κ1) is 16.2. The third kappa shape index (κ3) is 5.78. The molecule has 0 aromatic rings. The molecule has 112 valence electrons. The van der Waals surface area contributed by atoms with Crippen molar-refractivity contribution in [2.45, 2.75) is 51.0 Å². The van der Waals surface area contributed by atoms with Gasteiger partial charge in [-0.3, -0.25) is 4.79 Å². The molecule has 0 saturated carbocycles. The number of rotatable bonds is 4. The van der Waals surface area contributed by atoms with Crippen LogP contribution in [0.2, 0.25) is 0 Å². The summed E-state index contributed by atoms with van der Waals surface area (Å²) >= 11 is 0.